The van der Waals surface area contributed by atoms with E-state index in [4.69, 9.17) is 4.84 Å². The second-order valence-electron chi connectivity index (χ2n) is 4.00. The summed E-state index contributed by atoms with van der Waals surface area (Å²) in [5.74, 6) is -0.226. The number of nitrogens with one attached hydrogen (secondary N) is 2. The van der Waals surface area contributed by atoms with E-state index in [1.807, 2.05) is 0 Å². The van der Waals surface area contributed by atoms with Gasteiger partial charge in [-0.2, -0.15) is 5.10 Å². The van der Waals surface area contributed by atoms with Gasteiger partial charge in [-0.05, 0) is 6.92 Å². The topological polar surface area (TPSA) is 70.2 Å². The van der Waals surface area contributed by atoms with Crippen LogP contribution in [0.1, 0.15) is 28.7 Å². The SMILES string of the molecule is CON(C)C(=O)c1n[nH]c2c1CNC(C)C2. The number of hydrogen-bond acceptors (Lipinski definition) is 4. The Hall–Kier alpha value is -1.40. The minimum atomic E-state index is -0.226. The highest BCUT2D eigenvalue weighted by Crippen LogP contribution is 2.18. The van der Waals surface area contributed by atoms with Gasteiger partial charge in [0.05, 0.1) is 7.11 Å². The standard InChI is InChI=1S/C10H16N4O2/c1-6-4-8-7(5-11-6)9(13-12-8)10(15)14(2)16-3/h6,11H,4-5H2,1-3H3,(H,12,13). The number of carbonyl (C=O) groups excluding carboxylic acids is 1. The van der Waals surface area contributed by atoms with Crippen molar-refractivity contribution in [3.05, 3.63) is 17.0 Å². The predicted octanol–water partition coefficient (Wildman–Crippen LogP) is 0.0773. The van der Waals surface area contributed by atoms with Gasteiger partial charge < -0.3 is 5.32 Å². The molecule has 1 amide bonds. The lowest BCUT2D eigenvalue weighted by Crippen LogP contribution is -2.34. The summed E-state index contributed by atoms with van der Waals surface area (Å²) >= 11 is 0. The minimum Gasteiger partial charge on any atom is -0.310 e. The van der Waals surface area contributed by atoms with Crippen LogP contribution in [0.2, 0.25) is 0 Å². The van der Waals surface area contributed by atoms with E-state index in [1.54, 1.807) is 7.05 Å². The normalized spacial score (nSPS) is 19.3. The van der Waals surface area contributed by atoms with Crippen molar-refractivity contribution in [2.75, 3.05) is 14.2 Å². The van der Waals surface area contributed by atoms with Gasteiger partial charge in [0.2, 0.25) is 0 Å². The second-order valence-corrected chi connectivity index (χ2v) is 4.00. The molecule has 16 heavy (non-hydrogen) atoms. The molecule has 2 heterocycles. The number of rotatable bonds is 2. The third-order valence-corrected chi connectivity index (χ3v) is 2.85. The smallest absolute Gasteiger partial charge is 0.297 e. The van der Waals surface area contributed by atoms with E-state index in [0.29, 0.717) is 18.3 Å². The molecule has 6 nitrogen and oxygen atoms in total. The number of nitrogens with zero attached hydrogens (tertiary/aromatic N) is 2. The number of carbonyl (C=O) groups is 1. The molecule has 0 spiro atoms. The summed E-state index contributed by atoms with van der Waals surface area (Å²) in [6, 6.07) is 0.413. The van der Waals surface area contributed by atoms with E-state index in [2.05, 4.69) is 22.4 Å². The highest BCUT2D eigenvalue weighted by molar-refractivity contribution is 5.93. The molecule has 0 fully saturated rings. The Balaban J connectivity index is 2.27. The van der Waals surface area contributed by atoms with Crippen molar-refractivity contribution in [1.82, 2.24) is 20.6 Å². The van der Waals surface area contributed by atoms with Gasteiger partial charge in [-0.3, -0.25) is 14.7 Å². The van der Waals surface area contributed by atoms with Crippen molar-refractivity contribution in [2.45, 2.75) is 25.9 Å². The van der Waals surface area contributed by atoms with E-state index >= 15 is 0 Å². The Morgan fingerprint density at radius 1 is 1.62 bits per heavy atom. The zero-order valence-corrected chi connectivity index (χ0v) is 9.70. The van der Waals surface area contributed by atoms with Crippen molar-refractivity contribution < 1.29 is 9.63 Å². The molecule has 0 saturated carbocycles. The Kier molecular flexibility index (Phi) is 2.93. The number of hydroxylamine groups is 2. The lowest BCUT2D eigenvalue weighted by molar-refractivity contribution is -0.0761. The predicted molar refractivity (Wildman–Crippen MR) is 57.7 cm³/mol. The molecule has 1 aromatic rings. The molecule has 0 saturated heterocycles. The van der Waals surface area contributed by atoms with E-state index in [-0.39, 0.29) is 5.91 Å². The summed E-state index contributed by atoms with van der Waals surface area (Å²) in [6.45, 7) is 2.78. The molecule has 0 radical (unpaired) electrons. The fourth-order valence-corrected chi connectivity index (χ4v) is 1.82. The van der Waals surface area contributed by atoms with Crippen LogP contribution in [0, 0.1) is 0 Å². The Bertz CT molecular complexity index is 402. The molecule has 2 N–H and O–H groups in total. The summed E-state index contributed by atoms with van der Waals surface area (Å²) in [5.41, 5.74) is 2.44. The summed E-state index contributed by atoms with van der Waals surface area (Å²) in [6.07, 6.45) is 0.867. The van der Waals surface area contributed by atoms with Gasteiger partial charge in [0.1, 0.15) is 0 Å². The molecule has 1 aliphatic rings. The number of hydrogen-bond donors (Lipinski definition) is 2. The highest BCUT2D eigenvalue weighted by atomic mass is 16.7. The number of aromatic nitrogens is 2. The Morgan fingerprint density at radius 2 is 2.38 bits per heavy atom. The maximum Gasteiger partial charge on any atom is 0.297 e. The average molecular weight is 224 g/mol. The summed E-state index contributed by atoms with van der Waals surface area (Å²) in [5, 5.41) is 11.5. The number of fused-ring (bicyclic) bond motifs is 1. The maximum atomic E-state index is 11.9. The van der Waals surface area contributed by atoms with Crippen LogP contribution in [0.5, 0.6) is 0 Å². The van der Waals surface area contributed by atoms with Crippen molar-refractivity contribution in [2.24, 2.45) is 0 Å². The molecule has 1 unspecified atom stereocenters. The van der Waals surface area contributed by atoms with Crippen molar-refractivity contribution in [1.29, 1.82) is 0 Å². The van der Waals surface area contributed by atoms with Crippen molar-refractivity contribution in [3.8, 4) is 0 Å². The molecule has 0 bridgehead atoms. The van der Waals surface area contributed by atoms with Gasteiger partial charge in [-0.1, -0.05) is 0 Å². The van der Waals surface area contributed by atoms with Crippen LogP contribution < -0.4 is 5.32 Å². The third-order valence-electron chi connectivity index (χ3n) is 2.85. The first kappa shape index (κ1) is 11.1. The Labute approximate surface area is 93.9 Å². The van der Waals surface area contributed by atoms with E-state index < -0.39 is 0 Å². The molecular formula is C10H16N4O2. The van der Waals surface area contributed by atoms with Crippen LogP contribution in [-0.4, -0.2) is 41.4 Å². The monoisotopic (exact) mass is 224 g/mol. The number of aromatic amines is 1. The molecule has 2 rings (SSSR count). The van der Waals surface area contributed by atoms with Crippen LogP contribution in [0.4, 0.5) is 0 Å². The van der Waals surface area contributed by atoms with Crippen LogP contribution in [0.3, 0.4) is 0 Å². The lowest BCUT2D eigenvalue weighted by Gasteiger charge is -2.20. The van der Waals surface area contributed by atoms with Gasteiger partial charge in [0.25, 0.3) is 5.91 Å². The van der Waals surface area contributed by atoms with E-state index in [9.17, 15) is 4.79 Å². The first-order valence-corrected chi connectivity index (χ1v) is 5.25. The molecule has 88 valence electrons. The van der Waals surface area contributed by atoms with E-state index in [0.717, 1.165) is 17.7 Å². The highest BCUT2D eigenvalue weighted by Gasteiger charge is 2.25. The first-order valence-electron chi connectivity index (χ1n) is 5.25. The van der Waals surface area contributed by atoms with Crippen molar-refractivity contribution >= 4 is 5.91 Å². The van der Waals surface area contributed by atoms with E-state index in [1.165, 1.54) is 12.2 Å². The molecular weight excluding hydrogens is 208 g/mol. The summed E-state index contributed by atoms with van der Waals surface area (Å²) in [4.78, 5) is 16.7. The molecule has 1 aromatic heterocycles. The maximum absolute atomic E-state index is 11.9. The lowest BCUT2D eigenvalue weighted by atomic mass is 10.0. The third kappa shape index (κ3) is 1.81. The number of H-pyrrole nitrogens is 1. The van der Waals surface area contributed by atoms with Gasteiger partial charge in [0.15, 0.2) is 5.69 Å². The average Bonchev–Trinajstić information content (AvgIpc) is 2.69. The fraction of sp³-hybridized carbons (Fsp3) is 0.600. The fourth-order valence-electron chi connectivity index (χ4n) is 1.82. The first-order chi connectivity index (χ1) is 7.63. The second kappa shape index (κ2) is 4.23. The molecule has 0 aliphatic carbocycles. The van der Waals surface area contributed by atoms with Crippen LogP contribution >= 0.6 is 0 Å². The van der Waals surface area contributed by atoms with Gasteiger partial charge in [-0.25, -0.2) is 5.06 Å². The van der Waals surface area contributed by atoms with Gasteiger partial charge in [0, 0.05) is 37.3 Å². The minimum absolute atomic E-state index is 0.226. The van der Waals surface area contributed by atoms with Crippen LogP contribution in [0.15, 0.2) is 0 Å². The van der Waals surface area contributed by atoms with Gasteiger partial charge in [-0.15, -0.1) is 0 Å². The largest absolute Gasteiger partial charge is 0.310 e. The molecule has 1 aliphatic heterocycles. The summed E-state index contributed by atoms with van der Waals surface area (Å²) < 4.78 is 0. The van der Waals surface area contributed by atoms with Crippen molar-refractivity contribution in [3.63, 3.8) is 0 Å². The zero-order valence-electron chi connectivity index (χ0n) is 9.70. The molecule has 0 aromatic carbocycles. The zero-order chi connectivity index (χ0) is 11.7. The van der Waals surface area contributed by atoms with Gasteiger partial charge >= 0.3 is 0 Å². The quantitative estimate of drug-likeness (QED) is 0.698. The Morgan fingerprint density at radius 3 is 3.06 bits per heavy atom. The number of amides is 1. The summed E-state index contributed by atoms with van der Waals surface area (Å²) in [7, 11) is 3.03. The molecule has 6 heteroatoms. The van der Waals surface area contributed by atoms with Crippen LogP contribution in [0.25, 0.3) is 0 Å². The molecule has 1 atom stereocenters. The van der Waals surface area contributed by atoms with Crippen LogP contribution in [-0.2, 0) is 17.8 Å².